The minimum Gasteiger partial charge on any atom is -0.303 e. The summed E-state index contributed by atoms with van der Waals surface area (Å²) in [5, 5.41) is 0. The van der Waals surface area contributed by atoms with Crippen molar-refractivity contribution in [2.45, 2.75) is 26.2 Å². The van der Waals surface area contributed by atoms with Crippen LogP contribution < -0.4 is 0 Å². The highest BCUT2D eigenvalue weighted by Crippen LogP contribution is 2.46. The Bertz CT molecular complexity index is 164. The average molecular weight is 187 g/mol. The van der Waals surface area contributed by atoms with Crippen molar-refractivity contribution in [3.63, 3.8) is 0 Å². The molecular formula is C9H18NOP. The predicted molar refractivity (Wildman–Crippen MR) is 53.9 cm³/mol. The number of hydrogen-bond donors (Lipinski definition) is 0. The summed E-state index contributed by atoms with van der Waals surface area (Å²) >= 11 is 0. The number of nitrogens with zero attached hydrogens (tertiary/aromatic N) is 1. The first kappa shape index (κ1) is 10.1. The normalized spacial score (nSPS) is 34.8. The van der Waals surface area contributed by atoms with E-state index in [1.54, 1.807) is 0 Å². The monoisotopic (exact) mass is 187 g/mol. The molecule has 0 N–H and O–H groups in total. The first-order valence-corrected chi connectivity index (χ1v) is 4.98. The number of aldehydes is 1. The second kappa shape index (κ2) is 3.85. The first-order chi connectivity index (χ1) is 5.56. The lowest BCUT2D eigenvalue weighted by molar-refractivity contribution is -0.117. The van der Waals surface area contributed by atoms with Crippen molar-refractivity contribution >= 4 is 15.7 Å². The van der Waals surface area contributed by atoms with Crippen LogP contribution in [0.2, 0.25) is 0 Å². The molecule has 0 aromatic heterocycles. The fourth-order valence-electron chi connectivity index (χ4n) is 1.95. The van der Waals surface area contributed by atoms with Gasteiger partial charge in [-0.1, -0.05) is 16.3 Å². The van der Waals surface area contributed by atoms with Crippen LogP contribution in [0.1, 0.15) is 26.2 Å². The molecule has 12 heavy (non-hydrogen) atoms. The van der Waals surface area contributed by atoms with Crippen LogP contribution in [0, 0.1) is 11.3 Å². The standard InChI is InChI=1S/C9H18NOP/c1-9(3-4-10(2)12)5-8(6-9)7-11/h7-8H,3-6,12H2,1-2H3. The molecule has 1 fully saturated rings. The van der Waals surface area contributed by atoms with Gasteiger partial charge in [0, 0.05) is 12.5 Å². The van der Waals surface area contributed by atoms with Gasteiger partial charge in [0.25, 0.3) is 0 Å². The molecule has 0 heterocycles. The maximum absolute atomic E-state index is 10.4. The summed E-state index contributed by atoms with van der Waals surface area (Å²) < 4.78 is 2.12. The summed E-state index contributed by atoms with van der Waals surface area (Å²) in [6, 6.07) is 0. The van der Waals surface area contributed by atoms with Gasteiger partial charge in [0.2, 0.25) is 0 Å². The third-order valence-corrected chi connectivity index (χ3v) is 3.03. The van der Waals surface area contributed by atoms with Crippen LogP contribution in [0.4, 0.5) is 0 Å². The van der Waals surface area contributed by atoms with Gasteiger partial charge in [-0.3, -0.25) is 4.67 Å². The summed E-state index contributed by atoms with van der Waals surface area (Å²) in [5.41, 5.74) is 0.441. The van der Waals surface area contributed by atoms with Crippen LogP contribution in [0.5, 0.6) is 0 Å². The van der Waals surface area contributed by atoms with E-state index in [-0.39, 0.29) is 0 Å². The van der Waals surface area contributed by atoms with Crippen LogP contribution in [-0.2, 0) is 4.79 Å². The van der Waals surface area contributed by atoms with Gasteiger partial charge in [-0.05, 0) is 31.7 Å². The van der Waals surface area contributed by atoms with Gasteiger partial charge in [-0.2, -0.15) is 0 Å². The maximum Gasteiger partial charge on any atom is 0.123 e. The minimum atomic E-state index is 0.352. The molecule has 0 saturated heterocycles. The fraction of sp³-hybridized carbons (Fsp3) is 0.889. The summed E-state index contributed by atoms with van der Waals surface area (Å²) in [7, 11) is 4.72. The van der Waals surface area contributed by atoms with Crippen molar-refractivity contribution in [1.82, 2.24) is 4.67 Å². The van der Waals surface area contributed by atoms with E-state index in [2.05, 4.69) is 28.0 Å². The van der Waals surface area contributed by atoms with Crippen molar-refractivity contribution < 1.29 is 4.79 Å². The van der Waals surface area contributed by atoms with E-state index in [0.717, 1.165) is 25.7 Å². The van der Waals surface area contributed by atoms with Crippen molar-refractivity contribution in [1.29, 1.82) is 0 Å². The molecular weight excluding hydrogens is 169 g/mol. The molecule has 1 unspecified atom stereocenters. The minimum absolute atomic E-state index is 0.352. The van der Waals surface area contributed by atoms with Gasteiger partial charge in [0.05, 0.1) is 0 Å². The third kappa shape index (κ3) is 2.53. The van der Waals surface area contributed by atoms with Gasteiger partial charge < -0.3 is 4.79 Å². The lowest BCUT2D eigenvalue weighted by Crippen LogP contribution is -2.37. The Morgan fingerprint density at radius 1 is 1.67 bits per heavy atom. The Balaban J connectivity index is 2.21. The molecule has 1 rings (SSSR count). The molecule has 2 nitrogen and oxygen atoms in total. The van der Waals surface area contributed by atoms with E-state index in [1.807, 2.05) is 0 Å². The second-order valence-corrected chi connectivity index (χ2v) is 5.23. The third-order valence-electron chi connectivity index (χ3n) is 2.77. The van der Waals surface area contributed by atoms with E-state index in [1.165, 1.54) is 6.42 Å². The van der Waals surface area contributed by atoms with E-state index in [0.29, 0.717) is 11.3 Å². The average Bonchev–Trinajstić information content (AvgIpc) is 1.95. The van der Waals surface area contributed by atoms with Crippen molar-refractivity contribution in [2.24, 2.45) is 11.3 Å². The lowest BCUT2D eigenvalue weighted by Gasteiger charge is -2.43. The highest BCUT2D eigenvalue weighted by atomic mass is 31.0. The Morgan fingerprint density at radius 2 is 2.25 bits per heavy atom. The molecule has 1 atom stereocenters. The zero-order valence-electron chi connectivity index (χ0n) is 7.92. The molecule has 0 aromatic rings. The van der Waals surface area contributed by atoms with Crippen molar-refractivity contribution in [3.8, 4) is 0 Å². The fourth-order valence-corrected chi connectivity index (χ4v) is 2.08. The van der Waals surface area contributed by atoms with E-state index < -0.39 is 0 Å². The highest BCUT2D eigenvalue weighted by Gasteiger charge is 2.39. The maximum atomic E-state index is 10.4. The Labute approximate surface area is 77.0 Å². The molecule has 1 aliphatic rings. The first-order valence-electron chi connectivity index (χ1n) is 4.47. The smallest absolute Gasteiger partial charge is 0.123 e. The van der Waals surface area contributed by atoms with E-state index in [4.69, 9.17) is 0 Å². The van der Waals surface area contributed by atoms with Gasteiger partial charge in [-0.25, -0.2) is 0 Å². The quantitative estimate of drug-likeness (QED) is 0.493. The summed E-state index contributed by atoms with van der Waals surface area (Å²) in [6.45, 7) is 3.38. The molecule has 0 aliphatic heterocycles. The molecule has 1 aliphatic carbocycles. The topological polar surface area (TPSA) is 20.3 Å². The van der Waals surface area contributed by atoms with Crippen LogP contribution in [0.15, 0.2) is 0 Å². The number of rotatable bonds is 4. The van der Waals surface area contributed by atoms with Gasteiger partial charge in [-0.15, -0.1) is 0 Å². The highest BCUT2D eigenvalue weighted by molar-refractivity contribution is 7.13. The SMILES string of the molecule is CN(P)CCC1(C)CC(C=O)C1. The van der Waals surface area contributed by atoms with Crippen LogP contribution in [0.25, 0.3) is 0 Å². The van der Waals surface area contributed by atoms with Crippen LogP contribution >= 0.6 is 9.39 Å². The second-order valence-electron chi connectivity index (χ2n) is 4.35. The molecule has 0 radical (unpaired) electrons. The molecule has 0 bridgehead atoms. The number of hydrogen-bond acceptors (Lipinski definition) is 2. The van der Waals surface area contributed by atoms with Gasteiger partial charge in [0.15, 0.2) is 0 Å². The Kier molecular flexibility index (Phi) is 3.25. The summed E-state index contributed by atoms with van der Waals surface area (Å²) in [4.78, 5) is 10.4. The molecule has 3 heteroatoms. The molecule has 0 aromatic carbocycles. The zero-order valence-corrected chi connectivity index (χ0v) is 9.07. The lowest BCUT2D eigenvalue weighted by atomic mass is 9.62. The Morgan fingerprint density at radius 3 is 2.67 bits per heavy atom. The van der Waals surface area contributed by atoms with Gasteiger partial charge in [0.1, 0.15) is 6.29 Å². The van der Waals surface area contributed by atoms with E-state index >= 15 is 0 Å². The number of carbonyl (C=O) groups is 1. The molecule has 0 spiro atoms. The zero-order chi connectivity index (χ0) is 9.19. The van der Waals surface area contributed by atoms with Crippen molar-refractivity contribution in [2.75, 3.05) is 13.6 Å². The number of carbonyl (C=O) groups excluding carboxylic acids is 1. The molecule has 70 valence electrons. The van der Waals surface area contributed by atoms with E-state index in [9.17, 15) is 4.79 Å². The Hall–Kier alpha value is 0.0600. The van der Waals surface area contributed by atoms with Crippen LogP contribution in [-0.4, -0.2) is 24.5 Å². The van der Waals surface area contributed by atoms with Gasteiger partial charge >= 0.3 is 0 Å². The largest absolute Gasteiger partial charge is 0.303 e. The molecule has 1 saturated carbocycles. The predicted octanol–water partition coefficient (Wildman–Crippen LogP) is 1.71. The molecule has 0 amide bonds. The van der Waals surface area contributed by atoms with Crippen molar-refractivity contribution in [3.05, 3.63) is 0 Å². The summed E-state index contributed by atoms with van der Waals surface area (Å²) in [6.07, 6.45) is 4.49. The van der Waals surface area contributed by atoms with Crippen LogP contribution in [0.3, 0.4) is 0 Å². The summed E-state index contributed by atoms with van der Waals surface area (Å²) in [5.74, 6) is 0.352.